The smallest absolute Gasteiger partial charge is 0.267 e. The number of para-hydroxylation sites is 1. The number of aromatic nitrogens is 1. The van der Waals surface area contributed by atoms with Gasteiger partial charge in [0, 0.05) is 20.8 Å². The average Bonchev–Trinajstić information content (AvgIpc) is 2.66. The van der Waals surface area contributed by atoms with Crippen molar-refractivity contribution in [2.75, 3.05) is 5.01 Å². The summed E-state index contributed by atoms with van der Waals surface area (Å²) < 4.78 is 0.822. The molecular weight excluding hydrogens is 378 g/mol. The van der Waals surface area contributed by atoms with Crippen molar-refractivity contribution < 1.29 is 4.79 Å². The maximum absolute atomic E-state index is 12.8. The minimum absolute atomic E-state index is 0.311. The fourth-order valence-corrected chi connectivity index (χ4v) is 3.33. The first-order chi connectivity index (χ1) is 12.1. The Morgan fingerprint density at radius 1 is 0.880 bits per heavy atom. The van der Waals surface area contributed by atoms with Crippen LogP contribution in [0.1, 0.15) is 10.4 Å². The molecule has 25 heavy (non-hydrogen) atoms. The molecule has 1 heterocycles. The third-order valence-electron chi connectivity index (χ3n) is 4.11. The molecule has 0 bridgehead atoms. The van der Waals surface area contributed by atoms with Gasteiger partial charge in [-0.05, 0) is 29.7 Å². The van der Waals surface area contributed by atoms with Gasteiger partial charge in [-0.15, -0.1) is 0 Å². The molecule has 4 aromatic rings. The van der Waals surface area contributed by atoms with Crippen molar-refractivity contribution in [3.63, 3.8) is 0 Å². The molecule has 4 rings (SSSR count). The van der Waals surface area contributed by atoms with E-state index in [1.807, 2.05) is 54.6 Å². The normalized spacial score (nSPS) is 11.0. The van der Waals surface area contributed by atoms with E-state index in [0.717, 1.165) is 31.2 Å². The lowest BCUT2D eigenvalue weighted by molar-refractivity contribution is 0.0986. The van der Waals surface area contributed by atoms with Crippen molar-refractivity contribution in [2.24, 2.45) is 5.84 Å². The summed E-state index contributed by atoms with van der Waals surface area (Å²) in [6, 6.07) is 22.8. The van der Waals surface area contributed by atoms with Gasteiger partial charge in [-0.2, -0.15) is 0 Å². The number of anilines is 1. The molecule has 1 aromatic heterocycles. The molecule has 0 saturated heterocycles. The van der Waals surface area contributed by atoms with Crippen LogP contribution in [0.15, 0.2) is 77.3 Å². The van der Waals surface area contributed by atoms with E-state index in [1.54, 1.807) is 18.2 Å². The highest BCUT2D eigenvalue weighted by molar-refractivity contribution is 9.10. The molecule has 0 aliphatic heterocycles. The number of nitrogens with two attached hydrogens (primary N) is 1. The Morgan fingerprint density at radius 2 is 1.56 bits per heavy atom. The molecule has 0 radical (unpaired) electrons. The minimum atomic E-state index is -0.311. The Morgan fingerprint density at radius 3 is 2.32 bits per heavy atom. The number of nitrogens with zero attached hydrogens (tertiary/aromatic N) is 2. The Labute approximate surface area is 153 Å². The van der Waals surface area contributed by atoms with Crippen LogP contribution in [-0.2, 0) is 0 Å². The summed E-state index contributed by atoms with van der Waals surface area (Å²) in [4.78, 5) is 17.5. The molecule has 0 aliphatic carbocycles. The molecule has 2 N–H and O–H groups in total. The number of hydrazine groups is 1. The maximum atomic E-state index is 12.8. The van der Waals surface area contributed by atoms with E-state index in [9.17, 15) is 4.79 Å². The van der Waals surface area contributed by atoms with E-state index in [4.69, 9.17) is 5.84 Å². The number of hydrogen-bond donors (Lipinski definition) is 1. The first-order valence-electron chi connectivity index (χ1n) is 7.77. The Bertz CT molecular complexity index is 1110. The van der Waals surface area contributed by atoms with Gasteiger partial charge in [0.25, 0.3) is 5.91 Å². The van der Waals surface area contributed by atoms with Crippen molar-refractivity contribution in [1.29, 1.82) is 0 Å². The van der Waals surface area contributed by atoms with E-state index in [0.29, 0.717) is 11.4 Å². The third kappa shape index (κ3) is 2.77. The molecule has 0 unspecified atom stereocenters. The van der Waals surface area contributed by atoms with Crippen LogP contribution in [0.3, 0.4) is 0 Å². The monoisotopic (exact) mass is 391 g/mol. The number of benzene rings is 3. The van der Waals surface area contributed by atoms with E-state index in [2.05, 4.69) is 20.9 Å². The van der Waals surface area contributed by atoms with Crippen molar-refractivity contribution in [3.05, 3.63) is 82.8 Å². The van der Waals surface area contributed by atoms with Gasteiger partial charge in [-0.25, -0.2) is 15.8 Å². The number of halogens is 1. The van der Waals surface area contributed by atoms with Crippen LogP contribution in [0, 0.1) is 0 Å². The number of amides is 1. The standard InChI is InChI=1S/C20H14BrN3O/c21-14-7-5-6-13(12-14)20(25)24(22)19-17-10-2-1-8-15(17)16-9-3-4-11-18(16)23-19/h1-12H,22H2. The second kappa shape index (κ2) is 6.27. The van der Waals surface area contributed by atoms with Crippen LogP contribution >= 0.6 is 15.9 Å². The van der Waals surface area contributed by atoms with Crippen LogP contribution in [-0.4, -0.2) is 10.9 Å². The fourth-order valence-electron chi connectivity index (χ4n) is 2.93. The highest BCUT2D eigenvalue weighted by Crippen LogP contribution is 2.30. The first kappa shape index (κ1) is 15.7. The number of rotatable bonds is 2. The van der Waals surface area contributed by atoms with Crippen molar-refractivity contribution in [1.82, 2.24) is 4.98 Å². The summed E-state index contributed by atoms with van der Waals surface area (Å²) in [5, 5.41) is 4.01. The van der Waals surface area contributed by atoms with Crippen LogP contribution in [0.2, 0.25) is 0 Å². The quantitative estimate of drug-likeness (QED) is 0.233. The summed E-state index contributed by atoms with van der Waals surface area (Å²) in [6.45, 7) is 0. The largest absolute Gasteiger partial charge is 0.273 e. The molecule has 4 nitrogen and oxygen atoms in total. The van der Waals surface area contributed by atoms with Gasteiger partial charge in [-0.3, -0.25) is 4.79 Å². The molecule has 3 aromatic carbocycles. The summed E-state index contributed by atoms with van der Waals surface area (Å²) in [6.07, 6.45) is 0. The van der Waals surface area contributed by atoms with Gasteiger partial charge in [0.05, 0.1) is 5.52 Å². The lowest BCUT2D eigenvalue weighted by atomic mass is 10.1. The number of fused-ring (bicyclic) bond motifs is 3. The molecule has 0 aliphatic rings. The van der Waals surface area contributed by atoms with Crippen LogP contribution in [0.5, 0.6) is 0 Å². The van der Waals surface area contributed by atoms with Gasteiger partial charge in [-0.1, -0.05) is 64.5 Å². The molecule has 1 amide bonds. The predicted molar refractivity (Wildman–Crippen MR) is 104 cm³/mol. The van der Waals surface area contributed by atoms with Crippen LogP contribution in [0.4, 0.5) is 5.82 Å². The number of carbonyl (C=O) groups excluding carboxylic acids is 1. The average molecular weight is 392 g/mol. The van der Waals surface area contributed by atoms with Crippen LogP contribution < -0.4 is 10.9 Å². The minimum Gasteiger partial charge on any atom is -0.267 e. The summed E-state index contributed by atoms with van der Waals surface area (Å²) in [5.41, 5.74) is 1.30. The second-order valence-corrected chi connectivity index (χ2v) is 6.60. The topological polar surface area (TPSA) is 59.2 Å². The van der Waals surface area contributed by atoms with E-state index in [-0.39, 0.29) is 5.91 Å². The van der Waals surface area contributed by atoms with Gasteiger partial charge < -0.3 is 0 Å². The first-order valence-corrected chi connectivity index (χ1v) is 8.56. The Kier molecular flexibility index (Phi) is 3.95. The SMILES string of the molecule is NN(C(=O)c1cccc(Br)c1)c1nc2ccccc2c2ccccc12. The highest BCUT2D eigenvalue weighted by atomic mass is 79.9. The molecule has 0 fully saturated rings. The molecule has 0 atom stereocenters. The van der Waals surface area contributed by atoms with Crippen molar-refractivity contribution in [3.8, 4) is 0 Å². The number of hydrogen-bond acceptors (Lipinski definition) is 3. The highest BCUT2D eigenvalue weighted by Gasteiger charge is 2.19. The van der Waals surface area contributed by atoms with Crippen molar-refractivity contribution in [2.45, 2.75) is 0 Å². The lowest BCUT2D eigenvalue weighted by Gasteiger charge is -2.19. The Balaban J connectivity index is 1.91. The molecule has 0 saturated carbocycles. The fraction of sp³-hybridized carbons (Fsp3) is 0. The lowest BCUT2D eigenvalue weighted by Crippen LogP contribution is -2.38. The maximum Gasteiger partial charge on any atom is 0.273 e. The molecule has 0 spiro atoms. The zero-order valence-corrected chi connectivity index (χ0v) is 14.8. The van der Waals surface area contributed by atoms with Crippen molar-refractivity contribution >= 4 is 49.3 Å². The third-order valence-corrected chi connectivity index (χ3v) is 4.60. The summed E-state index contributed by atoms with van der Waals surface area (Å²) in [5.74, 6) is 6.32. The van der Waals surface area contributed by atoms with E-state index < -0.39 is 0 Å². The van der Waals surface area contributed by atoms with Crippen LogP contribution in [0.25, 0.3) is 21.7 Å². The summed E-state index contributed by atoms with van der Waals surface area (Å²) in [7, 11) is 0. The summed E-state index contributed by atoms with van der Waals surface area (Å²) >= 11 is 3.38. The number of pyridine rings is 1. The van der Waals surface area contributed by atoms with Gasteiger partial charge in [0.1, 0.15) is 0 Å². The second-order valence-electron chi connectivity index (χ2n) is 5.68. The Hall–Kier alpha value is -2.76. The molecule has 5 heteroatoms. The number of carbonyl (C=O) groups is 1. The zero-order valence-electron chi connectivity index (χ0n) is 13.2. The predicted octanol–water partition coefficient (Wildman–Crippen LogP) is 4.67. The van der Waals surface area contributed by atoms with Gasteiger partial charge in [0.15, 0.2) is 5.82 Å². The van der Waals surface area contributed by atoms with E-state index in [1.165, 1.54) is 0 Å². The molecule has 122 valence electrons. The molecular formula is C20H14BrN3O. The zero-order chi connectivity index (χ0) is 17.4. The van der Waals surface area contributed by atoms with E-state index >= 15 is 0 Å². The van der Waals surface area contributed by atoms with Gasteiger partial charge in [0.2, 0.25) is 0 Å². The van der Waals surface area contributed by atoms with Gasteiger partial charge >= 0.3 is 0 Å².